The lowest BCUT2D eigenvalue weighted by atomic mass is 10.2. The van der Waals surface area contributed by atoms with E-state index in [-0.39, 0.29) is 30.3 Å². The van der Waals surface area contributed by atoms with Gasteiger partial charge in [0.1, 0.15) is 17.4 Å². The third kappa shape index (κ3) is 4.28. The molecule has 2 fully saturated rings. The average molecular weight is 392 g/mol. The standard InChI is InChI=1S/C15H20N8O3S/c24-11(18-15-21-20-13(27-15)10-2-1-7-26-10)8-22-3-5-23(6-4-22)14(25)12-16-9-17-19-12/h9-10H,1-8H2,(H,16,17,19)(H,18,21,24)/t10-/m1/s1. The molecule has 0 saturated carbocycles. The Labute approximate surface area is 159 Å². The normalized spacial score (nSPS) is 20.7. The van der Waals surface area contributed by atoms with Crippen LogP contribution in [-0.2, 0) is 9.53 Å². The summed E-state index contributed by atoms with van der Waals surface area (Å²) >= 11 is 1.36. The maximum Gasteiger partial charge on any atom is 0.291 e. The highest BCUT2D eigenvalue weighted by Gasteiger charge is 2.26. The van der Waals surface area contributed by atoms with Gasteiger partial charge in [0.2, 0.25) is 16.9 Å². The lowest BCUT2D eigenvalue weighted by Crippen LogP contribution is -2.50. The van der Waals surface area contributed by atoms with Gasteiger partial charge in [-0.15, -0.1) is 10.2 Å². The van der Waals surface area contributed by atoms with Crippen molar-refractivity contribution in [1.82, 2.24) is 35.2 Å². The van der Waals surface area contributed by atoms with Gasteiger partial charge in [0.15, 0.2) is 0 Å². The molecule has 2 aliphatic rings. The van der Waals surface area contributed by atoms with Crippen LogP contribution in [0, 0.1) is 0 Å². The van der Waals surface area contributed by atoms with Crippen molar-refractivity contribution < 1.29 is 14.3 Å². The second-order valence-corrected chi connectivity index (χ2v) is 7.41. The Morgan fingerprint density at radius 1 is 1.30 bits per heavy atom. The van der Waals surface area contributed by atoms with E-state index in [2.05, 4.69) is 30.7 Å². The van der Waals surface area contributed by atoms with Gasteiger partial charge in [-0.25, -0.2) is 4.98 Å². The topological polar surface area (TPSA) is 129 Å². The molecule has 2 N–H and O–H groups in total. The van der Waals surface area contributed by atoms with E-state index >= 15 is 0 Å². The second kappa shape index (κ2) is 8.06. The van der Waals surface area contributed by atoms with Gasteiger partial charge in [-0.05, 0) is 12.8 Å². The van der Waals surface area contributed by atoms with Gasteiger partial charge in [-0.2, -0.15) is 5.10 Å². The van der Waals surface area contributed by atoms with Crippen LogP contribution < -0.4 is 5.32 Å². The number of aromatic nitrogens is 5. The Morgan fingerprint density at radius 3 is 2.85 bits per heavy atom. The maximum absolute atomic E-state index is 12.3. The number of nitrogens with zero attached hydrogens (tertiary/aromatic N) is 6. The minimum Gasteiger partial charge on any atom is -0.371 e. The molecule has 12 heteroatoms. The number of hydrogen-bond donors (Lipinski definition) is 2. The van der Waals surface area contributed by atoms with Crippen molar-refractivity contribution in [3.63, 3.8) is 0 Å². The van der Waals surface area contributed by atoms with E-state index < -0.39 is 0 Å². The second-order valence-electron chi connectivity index (χ2n) is 6.40. The zero-order chi connectivity index (χ0) is 18.6. The van der Waals surface area contributed by atoms with Crippen LogP contribution in [0.1, 0.15) is 34.6 Å². The molecule has 0 spiro atoms. The highest BCUT2D eigenvalue weighted by Crippen LogP contribution is 2.31. The van der Waals surface area contributed by atoms with Gasteiger partial charge in [0.25, 0.3) is 5.91 Å². The van der Waals surface area contributed by atoms with Gasteiger partial charge in [0.05, 0.1) is 6.54 Å². The van der Waals surface area contributed by atoms with Gasteiger partial charge in [0, 0.05) is 32.8 Å². The highest BCUT2D eigenvalue weighted by molar-refractivity contribution is 7.15. The van der Waals surface area contributed by atoms with Crippen molar-refractivity contribution in [3.05, 3.63) is 17.2 Å². The average Bonchev–Trinajstić information content (AvgIpc) is 3.43. The van der Waals surface area contributed by atoms with Crippen LogP contribution in [0.3, 0.4) is 0 Å². The predicted octanol–water partition coefficient (Wildman–Crippen LogP) is -0.0958. The van der Waals surface area contributed by atoms with Crippen LogP contribution in [0.15, 0.2) is 6.33 Å². The molecule has 2 aliphatic heterocycles. The summed E-state index contributed by atoms with van der Waals surface area (Å²) in [7, 11) is 0. The molecule has 2 amide bonds. The van der Waals surface area contributed by atoms with Crippen molar-refractivity contribution in [2.45, 2.75) is 18.9 Å². The molecule has 0 radical (unpaired) electrons. The quantitative estimate of drug-likeness (QED) is 0.722. The number of carbonyl (C=O) groups excluding carboxylic acids is 2. The Morgan fingerprint density at radius 2 is 2.15 bits per heavy atom. The molecule has 0 unspecified atom stereocenters. The van der Waals surface area contributed by atoms with Crippen LogP contribution in [0.4, 0.5) is 5.13 Å². The number of aromatic amines is 1. The Kier molecular flexibility index (Phi) is 5.36. The summed E-state index contributed by atoms with van der Waals surface area (Å²) in [5.74, 6) is -0.0771. The smallest absolute Gasteiger partial charge is 0.291 e. The van der Waals surface area contributed by atoms with Gasteiger partial charge >= 0.3 is 0 Å². The van der Waals surface area contributed by atoms with Crippen LogP contribution in [0.25, 0.3) is 0 Å². The Balaban J connectivity index is 1.23. The van der Waals surface area contributed by atoms with E-state index in [4.69, 9.17) is 4.74 Å². The summed E-state index contributed by atoms with van der Waals surface area (Å²) in [5, 5.41) is 18.5. The number of nitrogens with one attached hydrogen (secondary N) is 2. The predicted molar refractivity (Wildman–Crippen MR) is 95.2 cm³/mol. The molecular formula is C15H20N8O3S. The summed E-state index contributed by atoms with van der Waals surface area (Å²) in [6.07, 6.45) is 3.28. The van der Waals surface area contributed by atoms with E-state index in [0.29, 0.717) is 31.3 Å². The summed E-state index contributed by atoms with van der Waals surface area (Å²) in [6.45, 7) is 3.30. The third-order valence-corrected chi connectivity index (χ3v) is 5.47. The van der Waals surface area contributed by atoms with Crippen molar-refractivity contribution in [3.8, 4) is 0 Å². The lowest BCUT2D eigenvalue weighted by molar-refractivity contribution is -0.117. The van der Waals surface area contributed by atoms with E-state index in [1.54, 1.807) is 4.90 Å². The summed E-state index contributed by atoms with van der Waals surface area (Å²) in [5.41, 5.74) is 0. The number of rotatable bonds is 5. The summed E-state index contributed by atoms with van der Waals surface area (Å²) in [4.78, 5) is 32.1. The number of ether oxygens (including phenoxy) is 1. The van der Waals surface area contributed by atoms with E-state index in [9.17, 15) is 9.59 Å². The first-order valence-electron chi connectivity index (χ1n) is 8.81. The molecule has 4 rings (SSSR count). The first kappa shape index (κ1) is 17.9. The Hall–Kier alpha value is -2.44. The Bertz CT molecular complexity index is 781. The number of hydrogen-bond acceptors (Lipinski definition) is 9. The molecule has 11 nitrogen and oxygen atoms in total. The number of H-pyrrole nitrogens is 1. The van der Waals surface area contributed by atoms with Crippen molar-refractivity contribution in [1.29, 1.82) is 0 Å². The minimum absolute atomic E-state index is 0.00290. The molecule has 2 aromatic heterocycles. The molecule has 2 saturated heterocycles. The highest BCUT2D eigenvalue weighted by atomic mass is 32.1. The summed E-state index contributed by atoms with van der Waals surface area (Å²) < 4.78 is 5.58. The molecule has 27 heavy (non-hydrogen) atoms. The molecule has 0 aromatic carbocycles. The molecule has 2 aromatic rings. The van der Waals surface area contributed by atoms with Crippen molar-refractivity contribution in [2.75, 3.05) is 44.6 Å². The van der Waals surface area contributed by atoms with E-state index in [1.807, 2.05) is 4.90 Å². The van der Waals surface area contributed by atoms with Crippen LogP contribution in [0.2, 0.25) is 0 Å². The zero-order valence-corrected chi connectivity index (χ0v) is 15.4. The van der Waals surface area contributed by atoms with E-state index in [0.717, 1.165) is 24.5 Å². The number of anilines is 1. The largest absolute Gasteiger partial charge is 0.371 e. The number of amides is 2. The minimum atomic E-state index is -0.174. The molecule has 4 heterocycles. The van der Waals surface area contributed by atoms with Crippen LogP contribution in [-0.4, -0.2) is 86.3 Å². The van der Waals surface area contributed by atoms with Gasteiger partial charge < -0.3 is 9.64 Å². The summed E-state index contributed by atoms with van der Waals surface area (Å²) in [6, 6.07) is 0. The van der Waals surface area contributed by atoms with Gasteiger partial charge in [-0.3, -0.25) is 24.9 Å². The fourth-order valence-electron chi connectivity index (χ4n) is 3.12. The number of piperazine rings is 1. The molecule has 1 atom stereocenters. The fraction of sp³-hybridized carbons (Fsp3) is 0.600. The number of carbonyl (C=O) groups is 2. The first-order valence-corrected chi connectivity index (χ1v) is 9.62. The third-order valence-electron chi connectivity index (χ3n) is 4.54. The molecule has 144 valence electrons. The SMILES string of the molecule is O=C(CN1CCN(C(=O)c2ncn[nH]2)CC1)Nc1nnc([C@H]2CCCO2)s1. The monoisotopic (exact) mass is 392 g/mol. The van der Waals surface area contributed by atoms with Crippen LogP contribution >= 0.6 is 11.3 Å². The van der Waals surface area contributed by atoms with E-state index in [1.165, 1.54) is 17.7 Å². The van der Waals surface area contributed by atoms with Crippen molar-refractivity contribution in [2.24, 2.45) is 0 Å². The zero-order valence-electron chi connectivity index (χ0n) is 14.6. The fourth-order valence-corrected chi connectivity index (χ4v) is 3.96. The molecule has 0 aliphatic carbocycles. The lowest BCUT2D eigenvalue weighted by Gasteiger charge is -2.33. The van der Waals surface area contributed by atoms with Gasteiger partial charge in [-0.1, -0.05) is 11.3 Å². The van der Waals surface area contributed by atoms with Crippen molar-refractivity contribution >= 4 is 28.3 Å². The first-order chi connectivity index (χ1) is 13.2. The maximum atomic E-state index is 12.3. The molecular weight excluding hydrogens is 372 g/mol. The molecule has 0 bridgehead atoms. The van der Waals surface area contributed by atoms with Crippen LogP contribution in [0.5, 0.6) is 0 Å².